The average Bonchev–Trinajstić information content (AvgIpc) is 3.77. The van der Waals surface area contributed by atoms with E-state index in [0.717, 1.165) is 39.0 Å². The molecule has 0 unspecified atom stereocenters. The second-order valence-corrected chi connectivity index (χ2v) is 21.8. The minimum absolute atomic E-state index is 0.429. The lowest BCUT2D eigenvalue weighted by Gasteiger charge is -2.30. The molecule has 12 rings (SSSR count). The lowest BCUT2D eigenvalue weighted by Crippen LogP contribution is -2.49. The van der Waals surface area contributed by atoms with Crippen LogP contribution in [0.4, 0.5) is 17.1 Å². The molecular formula is C57H43NOSi. The number of rotatable bonds is 5. The number of hydrogen-bond acceptors (Lipinski definition) is 2. The first-order valence-corrected chi connectivity index (χ1v) is 24.2. The van der Waals surface area contributed by atoms with Gasteiger partial charge in [-0.2, -0.15) is 0 Å². The molecule has 0 fully saturated rings. The molecule has 0 bridgehead atoms. The molecule has 3 heteroatoms. The van der Waals surface area contributed by atoms with E-state index in [9.17, 15) is 0 Å². The molecule has 0 radical (unpaired) electrons. The van der Waals surface area contributed by atoms with Crippen molar-refractivity contribution in [1.82, 2.24) is 0 Å². The average molecular weight is 786 g/mol. The van der Waals surface area contributed by atoms with Crippen LogP contribution in [0.15, 0.2) is 186 Å². The standard InChI is InChI=1S/C57H43NOSi/c1-35(2)36-26-29-40(30-27-36)58(51-22-13-21-47-42-16-11-12-23-52(42)59-57(47)51)56-45-19-9-7-17-43(45)55(44-18-8-10-20-46(44)56)39-28-31-53-49(33-39)50-32-38-25-24-37-14-5-6-15-41(37)48(38)34-54(50)60(53,3)4/h5-35H,1-4H3. The summed E-state index contributed by atoms with van der Waals surface area (Å²) >= 11 is 0. The molecule has 11 aromatic rings. The zero-order valence-electron chi connectivity index (χ0n) is 34.3. The Hall–Kier alpha value is -6.94. The summed E-state index contributed by atoms with van der Waals surface area (Å²) in [4.78, 5) is 2.45. The largest absolute Gasteiger partial charge is 0.454 e. The van der Waals surface area contributed by atoms with Gasteiger partial charge >= 0.3 is 0 Å². The Morgan fingerprint density at radius 3 is 1.82 bits per heavy atom. The number of nitrogens with zero attached hydrogens (tertiary/aromatic N) is 1. The summed E-state index contributed by atoms with van der Waals surface area (Å²) in [6, 6.07) is 67.9. The van der Waals surface area contributed by atoms with Crippen LogP contribution < -0.4 is 15.3 Å². The second kappa shape index (κ2) is 13.0. The Morgan fingerprint density at radius 1 is 0.467 bits per heavy atom. The van der Waals surface area contributed by atoms with Crippen LogP contribution in [0.25, 0.3) is 87.3 Å². The van der Waals surface area contributed by atoms with Gasteiger partial charge in [0, 0.05) is 27.2 Å². The van der Waals surface area contributed by atoms with Crippen LogP contribution in [0.1, 0.15) is 25.3 Å². The van der Waals surface area contributed by atoms with E-state index in [1.165, 1.54) is 81.3 Å². The molecule has 0 N–H and O–H groups in total. The highest BCUT2D eigenvalue weighted by Crippen LogP contribution is 2.50. The van der Waals surface area contributed by atoms with E-state index in [2.05, 4.69) is 214 Å². The van der Waals surface area contributed by atoms with Crippen LogP contribution >= 0.6 is 0 Å². The minimum atomic E-state index is -1.98. The monoisotopic (exact) mass is 785 g/mol. The maximum absolute atomic E-state index is 6.78. The molecule has 0 saturated heterocycles. The van der Waals surface area contributed by atoms with Gasteiger partial charge < -0.3 is 9.32 Å². The Morgan fingerprint density at radius 2 is 1.08 bits per heavy atom. The maximum atomic E-state index is 6.78. The summed E-state index contributed by atoms with van der Waals surface area (Å²) in [7, 11) is -1.98. The van der Waals surface area contributed by atoms with Crippen molar-refractivity contribution in [3.8, 4) is 22.3 Å². The molecule has 1 aliphatic heterocycles. The van der Waals surface area contributed by atoms with E-state index < -0.39 is 8.07 Å². The maximum Gasteiger partial charge on any atom is 0.159 e. The van der Waals surface area contributed by atoms with E-state index >= 15 is 0 Å². The van der Waals surface area contributed by atoms with Gasteiger partial charge in [0.1, 0.15) is 13.7 Å². The SMILES string of the molecule is CC(C)c1ccc(N(c2c3ccccc3c(-c3ccc4c(c3)-c3cc5ccc6ccccc6c5cc3[Si]4(C)C)c3ccccc23)c2cccc3c2oc2ccccc23)cc1. The molecular weight excluding hydrogens is 743 g/mol. The fraction of sp³-hybridized carbons (Fsp3) is 0.0877. The van der Waals surface area contributed by atoms with E-state index in [1.807, 2.05) is 0 Å². The molecule has 60 heavy (non-hydrogen) atoms. The Labute approximate surface area is 351 Å². The van der Waals surface area contributed by atoms with E-state index in [1.54, 1.807) is 0 Å². The number of furan rings is 1. The van der Waals surface area contributed by atoms with Gasteiger partial charge in [0.25, 0.3) is 0 Å². The topological polar surface area (TPSA) is 16.4 Å². The predicted octanol–water partition coefficient (Wildman–Crippen LogP) is 15.3. The van der Waals surface area contributed by atoms with Crippen LogP contribution in [0.5, 0.6) is 0 Å². The van der Waals surface area contributed by atoms with Crippen molar-refractivity contribution in [3.63, 3.8) is 0 Å². The van der Waals surface area contributed by atoms with E-state index in [4.69, 9.17) is 4.42 Å². The van der Waals surface area contributed by atoms with Gasteiger partial charge in [-0.05, 0) is 113 Å². The highest BCUT2D eigenvalue weighted by molar-refractivity contribution is 7.04. The van der Waals surface area contributed by atoms with Crippen molar-refractivity contribution < 1.29 is 4.42 Å². The van der Waals surface area contributed by atoms with Gasteiger partial charge in [-0.15, -0.1) is 0 Å². The van der Waals surface area contributed by atoms with Gasteiger partial charge in [-0.25, -0.2) is 0 Å². The minimum Gasteiger partial charge on any atom is -0.454 e. The molecule has 0 saturated carbocycles. The molecule has 2 heterocycles. The third-order valence-corrected chi connectivity index (χ3v) is 16.9. The number of anilines is 3. The lowest BCUT2D eigenvalue weighted by atomic mass is 9.88. The number of benzene rings is 10. The van der Waals surface area contributed by atoms with Crippen LogP contribution in [-0.2, 0) is 0 Å². The van der Waals surface area contributed by atoms with Gasteiger partial charge in [0.15, 0.2) is 5.58 Å². The Bertz CT molecular complexity index is 3500. The van der Waals surface area contributed by atoms with Crippen molar-refractivity contribution in [1.29, 1.82) is 0 Å². The van der Waals surface area contributed by atoms with Crippen molar-refractivity contribution in [3.05, 3.63) is 188 Å². The van der Waals surface area contributed by atoms with Gasteiger partial charge in [0.2, 0.25) is 0 Å². The van der Waals surface area contributed by atoms with Crippen LogP contribution in [0, 0.1) is 0 Å². The third kappa shape index (κ3) is 5.06. The summed E-state index contributed by atoms with van der Waals surface area (Å²) < 4.78 is 6.78. The predicted molar refractivity (Wildman–Crippen MR) is 260 cm³/mol. The number of fused-ring (bicyclic) bond motifs is 11. The van der Waals surface area contributed by atoms with Crippen LogP contribution in [0.3, 0.4) is 0 Å². The van der Waals surface area contributed by atoms with Crippen molar-refractivity contribution >= 4 is 101 Å². The molecule has 0 amide bonds. The molecule has 0 spiro atoms. The molecule has 1 aromatic heterocycles. The third-order valence-electron chi connectivity index (χ3n) is 13.4. The highest BCUT2D eigenvalue weighted by atomic mass is 28.3. The molecule has 0 aliphatic carbocycles. The molecule has 0 atom stereocenters. The second-order valence-electron chi connectivity index (χ2n) is 17.4. The lowest BCUT2D eigenvalue weighted by molar-refractivity contribution is 0.669. The van der Waals surface area contributed by atoms with E-state index in [-0.39, 0.29) is 0 Å². The van der Waals surface area contributed by atoms with Gasteiger partial charge in [-0.1, -0.05) is 173 Å². The summed E-state index contributed by atoms with van der Waals surface area (Å²) in [6.07, 6.45) is 0. The summed E-state index contributed by atoms with van der Waals surface area (Å²) in [6.45, 7) is 9.57. The zero-order chi connectivity index (χ0) is 40.3. The fourth-order valence-corrected chi connectivity index (χ4v) is 13.4. The quantitative estimate of drug-likeness (QED) is 0.0982. The summed E-state index contributed by atoms with van der Waals surface area (Å²) in [5.41, 5.74) is 11.6. The molecule has 10 aromatic carbocycles. The smallest absolute Gasteiger partial charge is 0.159 e. The molecule has 286 valence electrons. The summed E-state index contributed by atoms with van der Waals surface area (Å²) in [5.74, 6) is 0.429. The van der Waals surface area contributed by atoms with Gasteiger partial charge in [-0.3, -0.25) is 0 Å². The Balaban J connectivity index is 1.12. The first kappa shape index (κ1) is 35.0. The van der Waals surface area contributed by atoms with Crippen molar-refractivity contribution in [2.24, 2.45) is 0 Å². The number of para-hydroxylation sites is 2. The van der Waals surface area contributed by atoms with Crippen LogP contribution in [0.2, 0.25) is 13.1 Å². The number of hydrogen-bond donors (Lipinski definition) is 0. The highest BCUT2D eigenvalue weighted by Gasteiger charge is 2.38. The van der Waals surface area contributed by atoms with Gasteiger partial charge in [0.05, 0.1) is 11.4 Å². The molecule has 1 aliphatic rings. The fourth-order valence-electron chi connectivity index (χ4n) is 10.4. The van der Waals surface area contributed by atoms with E-state index in [0.29, 0.717) is 5.92 Å². The van der Waals surface area contributed by atoms with Crippen LogP contribution in [-0.4, -0.2) is 8.07 Å². The van der Waals surface area contributed by atoms with Crippen molar-refractivity contribution in [2.75, 3.05) is 4.90 Å². The first-order valence-electron chi connectivity index (χ1n) is 21.2. The normalized spacial score (nSPS) is 13.3. The zero-order valence-corrected chi connectivity index (χ0v) is 35.3. The van der Waals surface area contributed by atoms with Crippen molar-refractivity contribution in [2.45, 2.75) is 32.9 Å². The molecule has 2 nitrogen and oxygen atoms in total. The summed E-state index contributed by atoms with van der Waals surface area (Å²) in [5, 5.41) is 15.4. The first-order chi connectivity index (χ1) is 29.3. The Kier molecular flexibility index (Phi) is 7.61.